The predicted molar refractivity (Wildman–Crippen MR) is 92.7 cm³/mol. The second-order valence-corrected chi connectivity index (χ2v) is 5.85. The van der Waals surface area contributed by atoms with Crippen LogP contribution in [-0.2, 0) is 0 Å². The normalized spacial score (nSPS) is 11.0. The number of carbonyl (C=O) groups is 1. The minimum absolute atomic E-state index is 0.142. The SMILES string of the molecule is Cc1ccccc1C(=O)Nc1ccc(-c2cn(C(F)F)nc2C)c(F)c1. The first kappa shape index (κ1) is 17.7. The van der Waals surface area contributed by atoms with Crippen molar-refractivity contribution < 1.29 is 18.0 Å². The van der Waals surface area contributed by atoms with Crippen molar-refractivity contribution >= 4 is 11.6 Å². The van der Waals surface area contributed by atoms with Crippen LogP contribution in [0.3, 0.4) is 0 Å². The first-order valence-electron chi connectivity index (χ1n) is 7.87. The molecule has 134 valence electrons. The van der Waals surface area contributed by atoms with E-state index in [1.807, 2.05) is 19.1 Å². The number of halogens is 3. The Morgan fingerprint density at radius 1 is 1.12 bits per heavy atom. The van der Waals surface area contributed by atoms with Crippen LogP contribution in [0.1, 0.15) is 28.2 Å². The Balaban J connectivity index is 1.86. The zero-order valence-electron chi connectivity index (χ0n) is 14.1. The number of amides is 1. The molecule has 1 N–H and O–H groups in total. The molecule has 4 nitrogen and oxygen atoms in total. The van der Waals surface area contributed by atoms with Gasteiger partial charge >= 0.3 is 6.55 Å². The zero-order chi connectivity index (χ0) is 18.8. The number of aromatic nitrogens is 2. The van der Waals surface area contributed by atoms with Gasteiger partial charge in [-0.15, -0.1) is 0 Å². The minimum Gasteiger partial charge on any atom is -0.322 e. The number of aryl methyl sites for hydroxylation is 2. The second kappa shape index (κ2) is 7.03. The van der Waals surface area contributed by atoms with E-state index in [0.29, 0.717) is 15.9 Å². The average Bonchev–Trinajstić information content (AvgIpc) is 2.97. The van der Waals surface area contributed by atoms with E-state index in [1.165, 1.54) is 19.1 Å². The third-order valence-electron chi connectivity index (χ3n) is 4.02. The number of anilines is 1. The van der Waals surface area contributed by atoms with Gasteiger partial charge in [0.2, 0.25) is 0 Å². The summed E-state index contributed by atoms with van der Waals surface area (Å²) < 4.78 is 40.4. The lowest BCUT2D eigenvalue weighted by Crippen LogP contribution is -2.13. The molecular formula is C19H16F3N3O. The van der Waals surface area contributed by atoms with E-state index in [9.17, 15) is 18.0 Å². The molecule has 3 aromatic rings. The van der Waals surface area contributed by atoms with E-state index >= 15 is 0 Å². The maximum atomic E-state index is 14.5. The summed E-state index contributed by atoms with van der Waals surface area (Å²) >= 11 is 0. The van der Waals surface area contributed by atoms with Crippen LogP contribution < -0.4 is 5.32 Å². The molecule has 0 spiro atoms. The molecule has 0 atom stereocenters. The topological polar surface area (TPSA) is 46.9 Å². The first-order chi connectivity index (χ1) is 12.4. The molecule has 1 aromatic heterocycles. The molecule has 0 radical (unpaired) electrons. The third-order valence-corrected chi connectivity index (χ3v) is 4.02. The summed E-state index contributed by atoms with van der Waals surface area (Å²) in [4.78, 5) is 12.3. The molecule has 0 aliphatic rings. The average molecular weight is 359 g/mol. The largest absolute Gasteiger partial charge is 0.333 e. The molecule has 0 saturated carbocycles. The smallest absolute Gasteiger partial charge is 0.322 e. The van der Waals surface area contributed by atoms with Gasteiger partial charge in [0.15, 0.2) is 0 Å². The van der Waals surface area contributed by atoms with Crippen molar-refractivity contribution in [2.45, 2.75) is 20.4 Å². The minimum atomic E-state index is -2.79. The Hall–Kier alpha value is -3.09. The number of rotatable bonds is 4. The van der Waals surface area contributed by atoms with Gasteiger partial charge in [-0.25, -0.2) is 9.07 Å². The molecule has 0 aliphatic heterocycles. The molecule has 0 fully saturated rings. The molecule has 3 rings (SSSR count). The highest BCUT2D eigenvalue weighted by Gasteiger charge is 2.16. The van der Waals surface area contributed by atoms with Crippen LogP contribution in [0.4, 0.5) is 18.9 Å². The monoisotopic (exact) mass is 359 g/mol. The summed E-state index contributed by atoms with van der Waals surface area (Å²) in [7, 11) is 0. The van der Waals surface area contributed by atoms with Crippen molar-refractivity contribution in [2.75, 3.05) is 5.32 Å². The lowest BCUT2D eigenvalue weighted by Gasteiger charge is -2.09. The molecule has 0 unspecified atom stereocenters. The van der Waals surface area contributed by atoms with Gasteiger partial charge in [0.05, 0.1) is 5.69 Å². The van der Waals surface area contributed by atoms with E-state index < -0.39 is 12.4 Å². The number of carbonyl (C=O) groups excluding carboxylic acids is 1. The summed E-state index contributed by atoms with van der Waals surface area (Å²) in [6.45, 7) is 0.544. The Morgan fingerprint density at radius 2 is 1.85 bits per heavy atom. The van der Waals surface area contributed by atoms with E-state index in [0.717, 1.165) is 17.8 Å². The number of nitrogens with zero attached hydrogens (tertiary/aromatic N) is 2. The van der Waals surface area contributed by atoms with E-state index in [4.69, 9.17) is 0 Å². The van der Waals surface area contributed by atoms with Crippen molar-refractivity contribution in [1.29, 1.82) is 0 Å². The maximum Gasteiger partial charge on any atom is 0.333 e. The molecule has 0 aliphatic carbocycles. The second-order valence-electron chi connectivity index (χ2n) is 5.85. The van der Waals surface area contributed by atoms with Crippen LogP contribution in [-0.4, -0.2) is 15.7 Å². The highest BCUT2D eigenvalue weighted by Crippen LogP contribution is 2.29. The van der Waals surface area contributed by atoms with Crippen LogP contribution in [0, 0.1) is 19.7 Å². The molecule has 0 saturated heterocycles. The number of alkyl halides is 2. The zero-order valence-corrected chi connectivity index (χ0v) is 14.1. The fourth-order valence-electron chi connectivity index (χ4n) is 2.68. The fraction of sp³-hybridized carbons (Fsp3) is 0.158. The van der Waals surface area contributed by atoms with Gasteiger partial charge in [0.25, 0.3) is 5.91 Å². The molecule has 26 heavy (non-hydrogen) atoms. The molecule has 7 heteroatoms. The summed E-state index contributed by atoms with van der Waals surface area (Å²) in [6.07, 6.45) is 1.10. The Kier molecular flexibility index (Phi) is 4.79. The Bertz CT molecular complexity index is 966. The summed E-state index contributed by atoms with van der Waals surface area (Å²) in [5.74, 6) is -0.985. The first-order valence-corrected chi connectivity index (χ1v) is 7.87. The van der Waals surface area contributed by atoms with Gasteiger partial charge in [-0.1, -0.05) is 18.2 Å². The van der Waals surface area contributed by atoms with Crippen LogP contribution in [0.25, 0.3) is 11.1 Å². The van der Waals surface area contributed by atoms with Gasteiger partial charge < -0.3 is 5.32 Å². The van der Waals surface area contributed by atoms with E-state index in [-0.39, 0.29) is 22.7 Å². The Morgan fingerprint density at radius 3 is 2.46 bits per heavy atom. The molecule has 2 aromatic carbocycles. The summed E-state index contributed by atoms with van der Waals surface area (Å²) in [6, 6.07) is 11.2. The predicted octanol–water partition coefficient (Wildman–Crippen LogP) is 4.95. The van der Waals surface area contributed by atoms with Gasteiger partial charge in [0, 0.05) is 28.6 Å². The van der Waals surface area contributed by atoms with Crippen LogP contribution in [0.5, 0.6) is 0 Å². The van der Waals surface area contributed by atoms with Crippen molar-refractivity contribution in [3.05, 3.63) is 71.3 Å². The molecular weight excluding hydrogens is 343 g/mol. The van der Waals surface area contributed by atoms with Crippen molar-refractivity contribution in [1.82, 2.24) is 9.78 Å². The van der Waals surface area contributed by atoms with Crippen LogP contribution in [0.15, 0.2) is 48.7 Å². The third kappa shape index (κ3) is 3.46. The summed E-state index contributed by atoms with van der Waals surface area (Å²) in [5, 5.41) is 6.31. The number of hydrogen-bond acceptors (Lipinski definition) is 2. The van der Waals surface area contributed by atoms with E-state index in [2.05, 4.69) is 10.4 Å². The molecule has 0 bridgehead atoms. The highest BCUT2D eigenvalue weighted by molar-refractivity contribution is 6.05. The fourth-order valence-corrected chi connectivity index (χ4v) is 2.68. The van der Waals surface area contributed by atoms with Crippen LogP contribution >= 0.6 is 0 Å². The summed E-state index contributed by atoms with van der Waals surface area (Å²) in [5.41, 5.74) is 2.28. The van der Waals surface area contributed by atoms with E-state index in [1.54, 1.807) is 12.1 Å². The molecule has 1 amide bonds. The van der Waals surface area contributed by atoms with Gasteiger partial charge in [-0.05, 0) is 43.7 Å². The van der Waals surface area contributed by atoms with Crippen molar-refractivity contribution in [2.24, 2.45) is 0 Å². The number of benzene rings is 2. The standard InChI is InChI=1S/C19H16F3N3O/c1-11-5-3-4-6-14(11)18(26)23-13-7-8-15(17(20)9-13)16-10-25(19(21)22)24-12(16)2/h3-10,19H,1-2H3,(H,23,26). The van der Waals surface area contributed by atoms with Gasteiger partial charge in [-0.3, -0.25) is 4.79 Å². The lowest BCUT2D eigenvalue weighted by atomic mass is 10.1. The van der Waals surface area contributed by atoms with Crippen molar-refractivity contribution in [3.63, 3.8) is 0 Å². The van der Waals surface area contributed by atoms with Crippen molar-refractivity contribution in [3.8, 4) is 11.1 Å². The van der Waals surface area contributed by atoms with Crippen LogP contribution in [0.2, 0.25) is 0 Å². The lowest BCUT2D eigenvalue weighted by molar-refractivity contribution is 0.0563. The maximum absolute atomic E-state index is 14.5. The highest BCUT2D eigenvalue weighted by atomic mass is 19.3. The Labute approximate surface area is 148 Å². The number of hydrogen-bond donors (Lipinski definition) is 1. The van der Waals surface area contributed by atoms with Gasteiger partial charge in [-0.2, -0.15) is 13.9 Å². The molecule has 1 heterocycles. The quantitative estimate of drug-likeness (QED) is 0.716. The number of nitrogens with one attached hydrogen (secondary N) is 1. The van der Waals surface area contributed by atoms with Gasteiger partial charge in [0.1, 0.15) is 5.82 Å².